The Morgan fingerprint density at radius 3 is 2.47 bits per heavy atom. The fraction of sp³-hybridized carbons (Fsp3) is 0.174. The third kappa shape index (κ3) is 4.59. The van der Waals surface area contributed by atoms with Crippen LogP contribution in [0.4, 0.5) is 23.2 Å². The van der Waals surface area contributed by atoms with Crippen molar-refractivity contribution in [3.05, 3.63) is 62.9 Å². The number of carbonyl (C=O) groups is 2. The zero-order valence-electron chi connectivity index (χ0n) is 19.4. The van der Waals surface area contributed by atoms with Gasteiger partial charge in [0.1, 0.15) is 21.1 Å². The summed E-state index contributed by atoms with van der Waals surface area (Å²) in [7, 11) is 0. The average molecular weight is 583 g/mol. The Bertz CT molecular complexity index is 1760. The molecule has 15 heteroatoms. The molecular weight excluding hydrogens is 568 g/mol. The molecule has 0 fully saturated rings. The van der Waals surface area contributed by atoms with Crippen LogP contribution in [0.2, 0.25) is 0 Å². The van der Waals surface area contributed by atoms with E-state index in [9.17, 15) is 27.2 Å². The van der Waals surface area contributed by atoms with Crippen molar-refractivity contribution < 1.29 is 27.2 Å². The van der Waals surface area contributed by atoms with Crippen LogP contribution < -0.4 is 11.1 Å². The number of halogens is 5. The van der Waals surface area contributed by atoms with Crippen molar-refractivity contribution in [1.29, 1.82) is 0 Å². The molecule has 0 saturated carbocycles. The van der Waals surface area contributed by atoms with E-state index in [1.807, 2.05) is 6.92 Å². The molecule has 0 aromatic carbocycles. The number of aryl methyl sites for hydroxylation is 2. The quantitative estimate of drug-likeness (QED) is 0.181. The maximum absolute atomic E-state index is 14.0. The van der Waals surface area contributed by atoms with E-state index in [2.05, 4.69) is 20.4 Å². The van der Waals surface area contributed by atoms with E-state index >= 15 is 0 Å². The SMILES string of the molecule is Cc1cc(C(F)(F)Cl)n2nc(C(=O)Nc3c(C(N)=O)sc4nc(C(F)F)cc(-c5ccc(C)s5)c34)cc2n1. The smallest absolute Gasteiger partial charge is 0.364 e. The average Bonchev–Trinajstić information content (AvgIpc) is 3.54. The molecule has 3 N–H and O–H groups in total. The number of pyridine rings is 1. The van der Waals surface area contributed by atoms with Gasteiger partial charge >= 0.3 is 5.38 Å². The summed E-state index contributed by atoms with van der Waals surface area (Å²) in [5, 5.41) is 2.92. The van der Waals surface area contributed by atoms with Crippen LogP contribution in [0, 0.1) is 13.8 Å². The third-order valence-electron chi connectivity index (χ3n) is 5.45. The first kappa shape index (κ1) is 26.0. The lowest BCUT2D eigenvalue weighted by molar-refractivity contribution is 0.0867. The molecule has 0 bridgehead atoms. The summed E-state index contributed by atoms with van der Waals surface area (Å²) in [5.41, 5.74) is 4.45. The fourth-order valence-electron chi connectivity index (χ4n) is 3.89. The molecule has 2 amide bonds. The van der Waals surface area contributed by atoms with Crippen LogP contribution >= 0.6 is 34.3 Å². The number of nitrogens with two attached hydrogens (primary N) is 1. The van der Waals surface area contributed by atoms with Crippen molar-refractivity contribution in [1.82, 2.24) is 19.6 Å². The first-order valence-electron chi connectivity index (χ1n) is 10.7. The second-order valence-electron chi connectivity index (χ2n) is 8.19. The Hall–Kier alpha value is -3.62. The number of hydrogen-bond acceptors (Lipinski definition) is 7. The Kier molecular flexibility index (Phi) is 6.36. The van der Waals surface area contributed by atoms with Gasteiger partial charge in [0.2, 0.25) is 0 Å². The highest BCUT2D eigenvalue weighted by Crippen LogP contribution is 2.44. The highest BCUT2D eigenvalue weighted by atomic mass is 35.5. The molecule has 0 aliphatic heterocycles. The highest BCUT2D eigenvalue weighted by Gasteiger charge is 2.33. The number of alkyl halides is 5. The summed E-state index contributed by atoms with van der Waals surface area (Å²) < 4.78 is 56.0. The van der Waals surface area contributed by atoms with Gasteiger partial charge in [-0.2, -0.15) is 13.9 Å². The van der Waals surface area contributed by atoms with Crippen molar-refractivity contribution in [2.45, 2.75) is 25.7 Å². The number of hydrogen-bond donors (Lipinski definition) is 2. The normalized spacial score (nSPS) is 12.1. The van der Waals surface area contributed by atoms with Crippen LogP contribution in [0.15, 0.2) is 30.3 Å². The van der Waals surface area contributed by atoms with Crippen LogP contribution in [0.5, 0.6) is 0 Å². The minimum Gasteiger partial charge on any atom is -0.365 e. The van der Waals surface area contributed by atoms with E-state index in [0.29, 0.717) is 10.4 Å². The lowest BCUT2D eigenvalue weighted by atomic mass is 10.1. The monoisotopic (exact) mass is 582 g/mol. The molecular formula is C23H15ClF4N6O2S2. The molecule has 8 nitrogen and oxygen atoms in total. The second-order valence-corrected chi connectivity index (χ2v) is 11.0. The first-order valence-corrected chi connectivity index (χ1v) is 12.7. The molecule has 0 saturated heterocycles. The molecule has 0 aliphatic rings. The Labute approximate surface area is 224 Å². The Balaban J connectivity index is 1.68. The van der Waals surface area contributed by atoms with Gasteiger partial charge in [-0.15, -0.1) is 22.7 Å². The number of rotatable bonds is 6. The summed E-state index contributed by atoms with van der Waals surface area (Å²) in [6, 6.07) is 6.92. The van der Waals surface area contributed by atoms with Gasteiger partial charge in [0.15, 0.2) is 11.3 Å². The van der Waals surface area contributed by atoms with Crippen molar-refractivity contribution >= 4 is 67.6 Å². The molecule has 38 heavy (non-hydrogen) atoms. The number of amides is 2. The molecule has 5 heterocycles. The molecule has 0 aliphatic carbocycles. The summed E-state index contributed by atoms with van der Waals surface area (Å²) in [4.78, 5) is 35.1. The zero-order chi connectivity index (χ0) is 27.5. The maximum Gasteiger partial charge on any atom is 0.364 e. The van der Waals surface area contributed by atoms with Gasteiger partial charge in [0.05, 0.1) is 5.69 Å². The molecule has 196 valence electrons. The van der Waals surface area contributed by atoms with Crippen molar-refractivity contribution in [3.63, 3.8) is 0 Å². The first-order chi connectivity index (χ1) is 17.8. The van der Waals surface area contributed by atoms with Crippen LogP contribution in [0.3, 0.4) is 0 Å². The van der Waals surface area contributed by atoms with Crippen LogP contribution in [0.1, 0.15) is 48.5 Å². The van der Waals surface area contributed by atoms with E-state index in [1.165, 1.54) is 30.4 Å². The third-order valence-corrected chi connectivity index (χ3v) is 7.78. The van der Waals surface area contributed by atoms with Crippen molar-refractivity contribution in [3.8, 4) is 10.4 Å². The molecule has 0 atom stereocenters. The molecule has 5 aromatic rings. The topological polar surface area (TPSA) is 115 Å². The van der Waals surface area contributed by atoms with Gasteiger partial charge < -0.3 is 11.1 Å². The highest BCUT2D eigenvalue weighted by molar-refractivity contribution is 7.21. The van der Waals surface area contributed by atoms with Crippen molar-refractivity contribution in [2.75, 3.05) is 5.32 Å². The van der Waals surface area contributed by atoms with Crippen LogP contribution in [-0.4, -0.2) is 31.4 Å². The number of nitrogens with zero attached hydrogens (tertiary/aromatic N) is 4. The van der Waals surface area contributed by atoms with Gasteiger partial charge in [-0.05, 0) is 49.7 Å². The predicted octanol–water partition coefficient (Wildman–Crippen LogP) is 6.26. The number of primary amides is 1. The Morgan fingerprint density at radius 1 is 1.13 bits per heavy atom. The van der Waals surface area contributed by atoms with E-state index < -0.39 is 35.0 Å². The largest absolute Gasteiger partial charge is 0.365 e. The summed E-state index contributed by atoms with van der Waals surface area (Å²) in [5.74, 6) is -1.81. The Morgan fingerprint density at radius 2 is 1.87 bits per heavy atom. The van der Waals surface area contributed by atoms with Gasteiger partial charge in [0.25, 0.3) is 18.2 Å². The van der Waals surface area contributed by atoms with E-state index in [-0.39, 0.29) is 37.8 Å². The van der Waals surface area contributed by atoms with E-state index in [4.69, 9.17) is 17.3 Å². The number of thiophene rings is 2. The summed E-state index contributed by atoms with van der Waals surface area (Å²) in [6.45, 7) is 3.31. The van der Waals surface area contributed by atoms with Gasteiger partial charge in [-0.1, -0.05) is 0 Å². The summed E-state index contributed by atoms with van der Waals surface area (Å²) >= 11 is 7.28. The van der Waals surface area contributed by atoms with Gasteiger partial charge in [-0.25, -0.2) is 23.3 Å². The number of aromatic nitrogens is 4. The number of anilines is 1. The molecule has 0 unspecified atom stereocenters. The van der Waals surface area contributed by atoms with E-state index in [1.54, 1.807) is 12.1 Å². The minimum atomic E-state index is -3.80. The fourth-order valence-corrected chi connectivity index (χ4v) is 5.92. The van der Waals surface area contributed by atoms with Crippen LogP contribution in [0.25, 0.3) is 26.3 Å². The molecule has 0 spiro atoms. The lowest BCUT2D eigenvalue weighted by Gasteiger charge is -2.10. The maximum atomic E-state index is 14.0. The van der Waals surface area contributed by atoms with E-state index in [0.717, 1.165) is 26.8 Å². The second kappa shape index (κ2) is 9.29. The molecule has 0 radical (unpaired) electrons. The molecule has 5 rings (SSSR count). The van der Waals surface area contributed by atoms with Crippen molar-refractivity contribution in [2.24, 2.45) is 5.73 Å². The number of carbonyl (C=O) groups excluding carboxylic acids is 2. The standard InChI is InChI=1S/C23H15ClF4N6O2S2/c1-8-5-14(23(24,27)28)34-15(30-8)7-12(33-34)21(36)32-17-16-10(13-4-3-9(2)37-13)6-11(19(25)26)31-22(16)38-18(17)20(29)35/h3-7,19H,1-2H3,(H2,29,35)(H,32,36). The molecule has 5 aromatic heterocycles. The lowest BCUT2D eigenvalue weighted by Crippen LogP contribution is -2.18. The van der Waals surface area contributed by atoms with Crippen LogP contribution in [-0.2, 0) is 5.38 Å². The number of fused-ring (bicyclic) bond motifs is 2. The predicted molar refractivity (Wildman–Crippen MR) is 137 cm³/mol. The summed E-state index contributed by atoms with van der Waals surface area (Å²) in [6.07, 6.45) is -2.89. The number of nitrogens with one attached hydrogen (secondary N) is 1. The minimum absolute atomic E-state index is 0.0547. The zero-order valence-corrected chi connectivity index (χ0v) is 21.7. The van der Waals surface area contributed by atoms with Gasteiger partial charge in [0, 0.05) is 32.5 Å². The van der Waals surface area contributed by atoms with Gasteiger partial charge in [-0.3, -0.25) is 9.59 Å².